The Labute approximate surface area is 161 Å². The molecule has 0 aliphatic rings. The quantitative estimate of drug-likeness (QED) is 0.806. The van der Waals surface area contributed by atoms with Crippen LogP contribution in [0.5, 0.6) is 0 Å². The van der Waals surface area contributed by atoms with Crippen LogP contribution in [0, 0.1) is 5.82 Å². The molecule has 2 aromatic rings. The van der Waals surface area contributed by atoms with Gasteiger partial charge < -0.3 is 10.2 Å². The second-order valence-corrected chi connectivity index (χ2v) is 6.64. The van der Waals surface area contributed by atoms with Crippen LogP contribution >= 0.6 is 23.2 Å². The maximum Gasteiger partial charge on any atom is 0.242 e. The normalized spacial score (nSPS) is 11.7. The fraction of sp³-hybridized carbons (Fsp3) is 0.263. The van der Waals surface area contributed by atoms with E-state index < -0.39 is 11.9 Å². The molecule has 0 aromatic heterocycles. The smallest absolute Gasteiger partial charge is 0.242 e. The second kappa shape index (κ2) is 9.01. The summed E-state index contributed by atoms with van der Waals surface area (Å²) in [7, 11) is 1.50. The van der Waals surface area contributed by atoms with Crippen LogP contribution in [0.15, 0.2) is 42.5 Å². The Hall–Kier alpha value is -2.11. The fourth-order valence-electron chi connectivity index (χ4n) is 2.53. The second-order valence-electron chi connectivity index (χ2n) is 5.83. The lowest BCUT2D eigenvalue weighted by Crippen LogP contribution is -2.47. The van der Waals surface area contributed by atoms with Gasteiger partial charge in [0.25, 0.3) is 0 Å². The van der Waals surface area contributed by atoms with Crippen molar-refractivity contribution < 1.29 is 14.0 Å². The van der Waals surface area contributed by atoms with Crippen molar-refractivity contribution in [2.24, 2.45) is 0 Å². The molecule has 2 rings (SSSR count). The van der Waals surface area contributed by atoms with Crippen molar-refractivity contribution in [2.45, 2.75) is 25.9 Å². The Kier molecular flexibility index (Phi) is 7.00. The maximum atomic E-state index is 13.9. The van der Waals surface area contributed by atoms with Crippen LogP contribution in [0.1, 0.15) is 18.1 Å². The highest BCUT2D eigenvalue weighted by Gasteiger charge is 2.26. The summed E-state index contributed by atoms with van der Waals surface area (Å²) in [5.74, 6) is -1.13. The first-order chi connectivity index (χ1) is 12.3. The van der Waals surface area contributed by atoms with Crippen molar-refractivity contribution in [1.29, 1.82) is 0 Å². The lowest BCUT2D eigenvalue weighted by molar-refractivity contribution is -0.139. The monoisotopic (exact) mass is 396 g/mol. The van der Waals surface area contributed by atoms with Crippen molar-refractivity contribution in [3.8, 4) is 0 Å². The molecule has 0 aliphatic carbocycles. The van der Waals surface area contributed by atoms with E-state index in [-0.39, 0.29) is 30.3 Å². The van der Waals surface area contributed by atoms with E-state index in [2.05, 4.69) is 5.32 Å². The predicted octanol–water partition coefficient (Wildman–Crippen LogP) is 3.84. The number of halogens is 3. The van der Waals surface area contributed by atoms with Crippen molar-refractivity contribution in [3.05, 3.63) is 69.5 Å². The van der Waals surface area contributed by atoms with Crippen LogP contribution in [-0.2, 0) is 22.6 Å². The number of nitrogens with zero attached hydrogens (tertiary/aromatic N) is 1. The van der Waals surface area contributed by atoms with E-state index in [1.165, 1.54) is 18.0 Å². The first-order valence-corrected chi connectivity index (χ1v) is 8.77. The van der Waals surface area contributed by atoms with Gasteiger partial charge >= 0.3 is 0 Å². The molecule has 26 heavy (non-hydrogen) atoms. The minimum Gasteiger partial charge on any atom is -0.357 e. The molecule has 1 atom stereocenters. The minimum absolute atomic E-state index is 0.144. The third kappa shape index (κ3) is 4.96. The summed E-state index contributed by atoms with van der Waals surface area (Å²) in [6.07, 6.45) is -0.144. The van der Waals surface area contributed by atoms with Crippen molar-refractivity contribution in [3.63, 3.8) is 0 Å². The zero-order chi connectivity index (χ0) is 19.3. The number of nitrogens with one attached hydrogen (secondary N) is 1. The lowest BCUT2D eigenvalue weighted by Gasteiger charge is -2.28. The van der Waals surface area contributed by atoms with Crippen LogP contribution in [-0.4, -0.2) is 29.8 Å². The summed E-state index contributed by atoms with van der Waals surface area (Å²) in [5, 5.41) is 3.29. The average Bonchev–Trinajstić information content (AvgIpc) is 2.63. The minimum atomic E-state index is -0.728. The van der Waals surface area contributed by atoms with Gasteiger partial charge in [-0.2, -0.15) is 0 Å². The van der Waals surface area contributed by atoms with Crippen molar-refractivity contribution >= 4 is 35.0 Å². The Bertz CT molecular complexity index is 814. The first-order valence-electron chi connectivity index (χ1n) is 8.02. The number of carbonyl (C=O) groups is 2. The summed E-state index contributed by atoms with van der Waals surface area (Å²) in [6.45, 7) is 1.77. The number of rotatable bonds is 6. The molecule has 0 spiro atoms. The largest absolute Gasteiger partial charge is 0.357 e. The first kappa shape index (κ1) is 20.2. The molecule has 0 radical (unpaired) electrons. The molecule has 1 N–H and O–H groups in total. The number of hydrogen-bond donors (Lipinski definition) is 1. The summed E-state index contributed by atoms with van der Waals surface area (Å²) < 4.78 is 13.9. The van der Waals surface area contributed by atoms with Gasteiger partial charge in [-0.25, -0.2) is 4.39 Å². The molecule has 0 unspecified atom stereocenters. The van der Waals surface area contributed by atoms with E-state index in [1.54, 1.807) is 43.3 Å². The third-order valence-electron chi connectivity index (χ3n) is 4.05. The van der Waals surface area contributed by atoms with Gasteiger partial charge in [0.05, 0.1) is 16.5 Å². The van der Waals surface area contributed by atoms with E-state index in [1.807, 2.05) is 0 Å². The highest BCUT2D eigenvalue weighted by molar-refractivity contribution is 6.42. The van der Waals surface area contributed by atoms with Crippen LogP contribution < -0.4 is 5.32 Å². The van der Waals surface area contributed by atoms with Crippen molar-refractivity contribution in [1.82, 2.24) is 10.2 Å². The number of hydrogen-bond acceptors (Lipinski definition) is 2. The standard InChI is InChI=1S/C19H19Cl2FN2O2/c1-12(19(26)23-2)24(11-13-7-8-15(20)16(21)9-13)18(25)10-14-5-3-4-6-17(14)22/h3-9,12H,10-11H2,1-2H3,(H,23,26)/t12-/m1/s1. The lowest BCUT2D eigenvalue weighted by atomic mass is 10.1. The van der Waals surface area contributed by atoms with Gasteiger partial charge in [0.2, 0.25) is 11.8 Å². The summed E-state index contributed by atoms with van der Waals surface area (Å²) in [5.41, 5.74) is 0.998. The Balaban J connectivity index is 2.27. The SMILES string of the molecule is CNC(=O)[C@@H](C)N(Cc1ccc(Cl)c(Cl)c1)C(=O)Cc1ccccc1F. The molecule has 0 heterocycles. The highest BCUT2D eigenvalue weighted by Crippen LogP contribution is 2.24. The van der Waals surface area contributed by atoms with E-state index in [4.69, 9.17) is 23.2 Å². The molecule has 2 amide bonds. The summed E-state index contributed by atoms with van der Waals surface area (Å²) in [6, 6.07) is 10.3. The summed E-state index contributed by atoms with van der Waals surface area (Å²) in [4.78, 5) is 26.3. The molecule has 0 fully saturated rings. The fourth-order valence-corrected chi connectivity index (χ4v) is 2.85. The Morgan fingerprint density at radius 3 is 2.46 bits per heavy atom. The molecular weight excluding hydrogens is 378 g/mol. The van der Waals surface area contributed by atoms with Gasteiger partial charge in [-0.1, -0.05) is 47.5 Å². The molecule has 138 valence electrons. The van der Waals surface area contributed by atoms with Crippen LogP contribution in [0.3, 0.4) is 0 Å². The molecule has 2 aromatic carbocycles. The maximum absolute atomic E-state index is 13.9. The Morgan fingerprint density at radius 2 is 1.85 bits per heavy atom. The number of amides is 2. The molecular formula is C19H19Cl2FN2O2. The van der Waals surface area contributed by atoms with E-state index in [0.717, 1.165) is 5.56 Å². The van der Waals surface area contributed by atoms with E-state index >= 15 is 0 Å². The Morgan fingerprint density at radius 1 is 1.15 bits per heavy atom. The third-order valence-corrected chi connectivity index (χ3v) is 4.79. The number of carbonyl (C=O) groups excluding carboxylic acids is 2. The molecule has 0 saturated heterocycles. The number of benzene rings is 2. The van der Waals surface area contributed by atoms with E-state index in [0.29, 0.717) is 10.0 Å². The van der Waals surface area contributed by atoms with Crippen molar-refractivity contribution in [2.75, 3.05) is 7.05 Å². The average molecular weight is 397 g/mol. The van der Waals surface area contributed by atoms with Crippen LogP contribution in [0.25, 0.3) is 0 Å². The predicted molar refractivity (Wildman–Crippen MR) is 101 cm³/mol. The zero-order valence-electron chi connectivity index (χ0n) is 14.4. The molecule has 0 bridgehead atoms. The molecule has 7 heteroatoms. The van der Waals surface area contributed by atoms with Gasteiger partial charge in [0.1, 0.15) is 11.9 Å². The van der Waals surface area contributed by atoms with Gasteiger partial charge in [0, 0.05) is 13.6 Å². The zero-order valence-corrected chi connectivity index (χ0v) is 15.9. The molecule has 0 saturated carbocycles. The summed E-state index contributed by atoms with van der Waals surface area (Å²) >= 11 is 12.0. The molecule has 4 nitrogen and oxygen atoms in total. The number of likely N-dealkylation sites (N-methyl/N-ethyl adjacent to an activating group) is 1. The topological polar surface area (TPSA) is 49.4 Å². The van der Waals surface area contributed by atoms with Gasteiger partial charge in [-0.15, -0.1) is 0 Å². The van der Waals surface area contributed by atoms with Gasteiger partial charge in [-0.05, 0) is 36.2 Å². The highest BCUT2D eigenvalue weighted by atomic mass is 35.5. The van der Waals surface area contributed by atoms with Gasteiger partial charge in [0.15, 0.2) is 0 Å². The van der Waals surface area contributed by atoms with Crippen LogP contribution in [0.4, 0.5) is 4.39 Å². The van der Waals surface area contributed by atoms with E-state index in [9.17, 15) is 14.0 Å². The van der Waals surface area contributed by atoms with Crippen LogP contribution in [0.2, 0.25) is 10.0 Å². The molecule has 0 aliphatic heterocycles. The van der Waals surface area contributed by atoms with Gasteiger partial charge in [-0.3, -0.25) is 9.59 Å².